The Morgan fingerprint density at radius 3 is 2.50 bits per heavy atom. The van der Waals surface area contributed by atoms with E-state index in [-0.39, 0.29) is 11.6 Å². The molecular weight excluding hydrogens is 308 g/mol. The van der Waals surface area contributed by atoms with Crippen LogP contribution in [0.15, 0.2) is 36.7 Å². The SMILES string of the molecule is COCCNC(=O)c1cnc(NCCc2ccc(OC)cc2)cn1. The van der Waals surface area contributed by atoms with Gasteiger partial charge in [-0.1, -0.05) is 12.1 Å². The molecule has 0 atom stereocenters. The molecule has 1 heterocycles. The van der Waals surface area contributed by atoms with Crippen molar-refractivity contribution in [2.75, 3.05) is 39.2 Å². The highest BCUT2D eigenvalue weighted by Gasteiger charge is 2.07. The number of benzene rings is 1. The molecule has 0 aliphatic heterocycles. The van der Waals surface area contributed by atoms with Crippen molar-refractivity contribution in [2.45, 2.75) is 6.42 Å². The number of hydrogen-bond donors (Lipinski definition) is 2. The molecule has 1 amide bonds. The van der Waals surface area contributed by atoms with E-state index < -0.39 is 0 Å². The smallest absolute Gasteiger partial charge is 0.271 e. The summed E-state index contributed by atoms with van der Waals surface area (Å²) in [5.74, 6) is 1.22. The molecule has 0 aliphatic carbocycles. The Kier molecular flexibility index (Phi) is 6.97. The van der Waals surface area contributed by atoms with Crippen LogP contribution in [0, 0.1) is 0 Å². The summed E-state index contributed by atoms with van der Waals surface area (Å²) in [7, 11) is 3.23. The molecule has 1 aromatic heterocycles. The van der Waals surface area contributed by atoms with Gasteiger partial charge < -0.3 is 20.1 Å². The zero-order valence-corrected chi connectivity index (χ0v) is 13.9. The maximum Gasteiger partial charge on any atom is 0.271 e. The maximum absolute atomic E-state index is 11.8. The van der Waals surface area contributed by atoms with Crippen LogP contribution in [-0.4, -0.2) is 49.8 Å². The molecule has 2 rings (SSSR count). The van der Waals surface area contributed by atoms with Gasteiger partial charge in [0.25, 0.3) is 5.91 Å². The summed E-state index contributed by atoms with van der Waals surface area (Å²) in [4.78, 5) is 20.1. The molecule has 0 aliphatic rings. The van der Waals surface area contributed by atoms with Crippen LogP contribution in [0.2, 0.25) is 0 Å². The predicted molar refractivity (Wildman–Crippen MR) is 91.4 cm³/mol. The number of aromatic nitrogens is 2. The highest BCUT2D eigenvalue weighted by atomic mass is 16.5. The van der Waals surface area contributed by atoms with Crippen molar-refractivity contribution in [3.8, 4) is 5.75 Å². The van der Waals surface area contributed by atoms with Crippen molar-refractivity contribution in [1.29, 1.82) is 0 Å². The lowest BCUT2D eigenvalue weighted by molar-refractivity contribution is 0.0932. The molecule has 0 saturated carbocycles. The lowest BCUT2D eigenvalue weighted by Gasteiger charge is -2.07. The van der Waals surface area contributed by atoms with Crippen molar-refractivity contribution in [1.82, 2.24) is 15.3 Å². The number of rotatable bonds is 9. The first-order valence-electron chi connectivity index (χ1n) is 7.69. The van der Waals surface area contributed by atoms with Crippen LogP contribution < -0.4 is 15.4 Å². The number of nitrogens with zero attached hydrogens (tertiary/aromatic N) is 2. The fraction of sp³-hybridized carbons (Fsp3) is 0.353. The van der Waals surface area contributed by atoms with Gasteiger partial charge in [-0.25, -0.2) is 9.97 Å². The lowest BCUT2D eigenvalue weighted by atomic mass is 10.1. The Labute approximate surface area is 141 Å². The van der Waals surface area contributed by atoms with Gasteiger partial charge in [-0.15, -0.1) is 0 Å². The zero-order valence-electron chi connectivity index (χ0n) is 13.9. The quantitative estimate of drug-likeness (QED) is 0.678. The first kappa shape index (κ1) is 17.7. The first-order valence-corrected chi connectivity index (χ1v) is 7.69. The molecule has 128 valence electrons. The summed E-state index contributed by atoms with van der Waals surface area (Å²) in [6.45, 7) is 1.63. The average molecular weight is 330 g/mol. The second-order valence-electron chi connectivity index (χ2n) is 5.06. The molecule has 0 bridgehead atoms. The highest BCUT2D eigenvalue weighted by molar-refractivity contribution is 5.91. The molecule has 0 spiro atoms. The number of amides is 1. The topological polar surface area (TPSA) is 85.4 Å². The Balaban J connectivity index is 1.77. The van der Waals surface area contributed by atoms with Crippen LogP contribution in [0.1, 0.15) is 16.1 Å². The summed E-state index contributed by atoms with van der Waals surface area (Å²) in [6, 6.07) is 7.93. The van der Waals surface area contributed by atoms with E-state index in [0.717, 1.165) is 18.7 Å². The summed E-state index contributed by atoms with van der Waals surface area (Å²) in [6.07, 6.45) is 3.86. The average Bonchev–Trinajstić information content (AvgIpc) is 2.63. The minimum absolute atomic E-state index is 0.260. The van der Waals surface area contributed by atoms with E-state index in [1.54, 1.807) is 20.4 Å². The molecule has 2 aromatic rings. The number of ether oxygens (including phenoxy) is 2. The van der Waals surface area contributed by atoms with Crippen LogP contribution >= 0.6 is 0 Å². The van der Waals surface area contributed by atoms with Gasteiger partial charge in [-0.3, -0.25) is 4.79 Å². The molecule has 2 N–H and O–H groups in total. The van der Waals surface area contributed by atoms with Gasteiger partial charge in [-0.2, -0.15) is 0 Å². The minimum Gasteiger partial charge on any atom is -0.497 e. The van der Waals surface area contributed by atoms with Gasteiger partial charge in [-0.05, 0) is 24.1 Å². The Morgan fingerprint density at radius 2 is 1.88 bits per heavy atom. The van der Waals surface area contributed by atoms with E-state index in [1.165, 1.54) is 11.8 Å². The van der Waals surface area contributed by atoms with Crippen LogP contribution in [0.3, 0.4) is 0 Å². The van der Waals surface area contributed by atoms with Gasteiger partial charge in [0.1, 0.15) is 17.3 Å². The van der Waals surface area contributed by atoms with Crippen molar-refractivity contribution in [3.63, 3.8) is 0 Å². The third-order valence-corrected chi connectivity index (χ3v) is 3.36. The van der Waals surface area contributed by atoms with Gasteiger partial charge in [0.2, 0.25) is 0 Å². The number of carbonyl (C=O) groups excluding carboxylic acids is 1. The Bertz CT molecular complexity index is 629. The number of carbonyl (C=O) groups is 1. The summed E-state index contributed by atoms with van der Waals surface area (Å²) in [5.41, 5.74) is 1.48. The lowest BCUT2D eigenvalue weighted by Crippen LogP contribution is -2.27. The van der Waals surface area contributed by atoms with E-state index in [2.05, 4.69) is 20.6 Å². The van der Waals surface area contributed by atoms with Gasteiger partial charge in [0.05, 0.1) is 26.1 Å². The van der Waals surface area contributed by atoms with Gasteiger partial charge in [0.15, 0.2) is 0 Å². The van der Waals surface area contributed by atoms with Crippen LogP contribution in [-0.2, 0) is 11.2 Å². The third-order valence-electron chi connectivity index (χ3n) is 3.36. The molecular formula is C17H22N4O3. The molecule has 1 aromatic carbocycles. The fourth-order valence-electron chi connectivity index (χ4n) is 2.02. The molecule has 0 fully saturated rings. The Hall–Kier alpha value is -2.67. The standard InChI is InChI=1S/C17H22N4O3/c1-23-10-9-19-17(22)15-11-21-16(12-20-15)18-8-7-13-3-5-14(24-2)6-4-13/h3-6,11-12H,7-10H2,1-2H3,(H,18,21)(H,19,22). The monoisotopic (exact) mass is 330 g/mol. The van der Waals surface area contributed by atoms with Gasteiger partial charge in [0, 0.05) is 20.2 Å². The van der Waals surface area contributed by atoms with Gasteiger partial charge >= 0.3 is 0 Å². The van der Waals surface area contributed by atoms with E-state index >= 15 is 0 Å². The maximum atomic E-state index is 11.8. The Morgan fingerprint density at radius 1 is 1.08 bits per heavy atom. The molecule has 24 heavy (non-hydrogen) atoms. The van der Waals surface area contributed by atoms with Crippen LogP contribution in [0.25, 0.3) is 0 Å². The zero-order chi connectivity index (χ0) is 17.2. The third kappa shape index (κ3) is 5.51. The summed E-state index contributed by atoms with van der Waals surface area (Å²) < 4.78 is 10.0. The number of nitrogens with one attached hydrogen (secondary N) is 2. The summed E-state index contributed by atoms with van der Waals surface area (Å²) >= 11 is 0. The van der Waals surface area contributed by atoms with E-state index in [9.17, 15) is 4.79 Å². The second-order valence-corrected chi connectivity index (χ2v) is 5.06. The van der Waals surface area contributed by atoms with E-state index in [4.69, 9.17) is 9.47 Å². The molecule has 0 radical (unpaired) electrons. The number of hydrogen-bond acceptors (Lipinski definition) is 6. The molecule has 7 nitrogen and oxygen atoms in total. The van der Waals surface area contributed by atoms with Crippen molar-refractivity contribution >= 4 is 11.7 Å². The molecule has 0 saturated heterocycles. The second kappa shape index (κ2) is 9.46. The molecule has 7 heteroatoms. The number of anilines is 1. The minimum atomic E-state index is -0.260. The summed E-state index contributed by atoms with van der Waals surface area (Å²) in [5, 5.41) is 5.88. The number of methoxy groups -OCH3 is 2. The van der Waals surface area contributed by atoms with E-state index in [0.29, 0.717) is 19.0 Å². The fourth-order valence-corrected chi connectivity index (χ4v) is 2.02. The van der Waals surface area contributed by atoms with Crippen LogP contribution in [0.5, 0.6) is 5.75 Å². The molecule has 0 unspecified atom stereocenters. The first-order chi connectivity index (χ1) is 11.7. The van der Waals surface area contributed by atoms with Crippen molar-refractivity contribution in [3.05, 3.63) is 47.9 Å². The largest absolute Gasteiger partial charge is 0.497 e. The van der Waals surface area contributed by atoms with Crippen molar-refractivity contribution < 1.29 is 14.3 Å². The highest BCUT2D eigenvalue weighted by Crippen LogP contribution is 2.11. The normalized spacial score (nSPS) is 10.2. The predicted octanol–water partition coefficient (Wildman–Crippen LogP) is 1.52. The van der Waals surface area contributed by atoms with Crippen LogP contribution in [0.4, 0.5) is 5.82 Å². The van der Waals surface area contributed by atoms with Crippen molar-refractivity contribution in [2.24, 2.45) is 0 Å². The van der Waals surface area contributed by atoms with E-state index in [1.807, 2.05) is 24.3 Å².